The monoisotopic (exact) mass is 362 g/mol. The summed E-state index contributed by atoms with van der Waals surface area (Å²) in [6, 6.07) is 13.1. The molecule has 1 aromatic heterocycles. The molecule has 0 saturated carbocycles. The summed E-state index contributed by atoms with van der Waals surface area (Å²) >= 11 is 0. The van der Waals surface area contributed by atoms with Crippen LogP contribution in [-0.4, -0.2) is 16.8 Å². The molecule has 3 rings (SSSR count). The number of halogens is 3. The third-order valence-electron chi connectivity index (χ3n) is 3.78. The normalized spacial score (nSPS) is 11.5. The van der Waals surface area contributed by atoms with Crippen molar-refractivity contribution in [3.63, 3.8) is 0 Å². The Morgan fingerprint density at radius 1 is 1.08 bits per heavy atom. The zero-order valence-electron chi connectivity index (χ0n) is 13.3. The summed E-state index contributed by atoms with van der Waals surface area (Å²) in [6.07, 6.45) is -4.76. The summed E-state index contributed by atoms with van der Waals surface area (Å²) in [4.78, 5) is 24.0. The number of benzene rings is 2. The number of fused-ring (bicyclic) bond motifs is 1. The Hall–Kier alpha value is -3.29. The van der Waals surface area contributed by atoms with E-state index in [-0.39, 0.29) is 17.9 Å². The molecule has 1 heterocycles. The molecule has 0 atom stereocenters. The number of nitrogens with two attached hydrogens (primary N) is 1. The van der Waals surface area contributed by atoms with Crippen LogP contribution in [0.2, 0.25) is 0 Å². The second-order valence-corrected chi connectivity index (χ2v) is 5.56. The molecule has 2 N–H and O–H groups in total. The van der Waals surface area contributed by atoms with E-state index >= 15 is 0 Å². The Kier molecular flexibility index (Phi) is 4.41. The quantitative estimate of drug-likeness (QED) is 0.775. The van der Waals surface area contributed by atoms with Gasteiger partial charge in [0.1, 0.15) is 5.75 Å². The number of hydrogen-bond donors (Lipinski definition) is 1. The summed E-state index contributed by atoms with van der Waals surface area (Å²) < 4.78 is 41.9. The van der Waals surface area contributed by atoms with Crippen molar-refractivity contribution in [3.8, 4) is 5.75 Å². The zero-order valence-corrected chi connectivity index (χ0v) is 13.3. The van der Waals surface area contributed by atoms with Gasteiger partial charge >= 0.3 is 6.36 Å². The average Bonchev–Trinajstić information content (AvgIpc) is 2.57. The molecule has 5 nitrogen and oxygen atoms in total. The van der Waals surface area contributed by atoms with Crippen LogP contribution in [0.25, 0.3) is 10.9 Å². The molecular formula is C18H13F3N2O3. The highest BCUT2D eigenvalue weighted by Gasteiger charge is 2.30. The molecule has 0 fully saturated rings. The predicted molar refractivity (Wildman–Crippen MR) is 89.0 cm³/mol. The van der Waals surface area contributed by atoms with Gasteiger partial charge in [0, 0.05) is 11.5 Å². The van der Waals surface area contributed by atoms with Gasteiger partial charge in [0.15, 0.2) is 0 Å². The maximum absolute atomic E-state index is 12.4. The summed E-state index contributed by atoms with van der Waals surface area (Å²) in [5.74, 6) is -1.05. The third-order valence-corrected chi connectivity index (χ3v) is 3.78. The minimum atomic E-state index is -4.76. The number of carbonyl (C=O) groups is 1. The summed E-state index contributed by atoms with van der Waals surface area (Å²) in [7, 11) is 0. The van der Waals surface area contributed by atoms with Gasteiger partial charge in [0.25, 0.3) is 5.56 Å². The van der Waals surface area contributed by atoms with Crippen LogP contribution in [0.4, 0.5) is 13.2 Å². The summed E-state index contributed by atoms with van der Waals surface area (Å²) in [5.41, 5.74) is 6.11. The fraction of sp³-hybridized carbons (Fsp3) is 0.111. The maximum atomic E-state index is 12.4. The van der Waals surface area contributed by atoms with Crippen molar-refractivity contribution in [2.45, 2.75) is 12.9 Å². The van der Waals surface area contributed by atoms with Gasteiger partial charge in [0.2, 0.25) is 5.91 Å². The van der Waals surface area contributed by atoms with Crippen molar-refractivity contribution in [2.75, 3.05) is 0 Å². The van der Waals surface area contributed by atoms with Crippen LogP contribution in [0.15, 0.2) is 59.4 Å². The van der Waals surface area contributed by atoms with Gasteiger partial charge in [-0.05, 0) is 23.8 Å². The molecule has 26 heavy (non-hydrogen) atoms. The maximum Gasteiger partial charge on any atom is 0.573 e. The fourth-order valence-electron chi connectivity index (χ4n) is 2.68. The first-order chi connectivity index (χ1) is 12.2. The van der Waals surface area contributed by atoms with E-state index in [1.807, 2.05) is 0 Å². The van der Waals surface area contributed by atoms with E-state index < -0.39 is 17.8 Å². The lowest BCUT2D eigenvalue weighted by Crippen LogP contribution is -2.24. The number of ether oxygens (including phenoxy) is 1. The van der Waals surface area contributed by atoms with Gasteiger partial charge in [-0.25, -0.2) is 0 Å². The van der Waals surface area contributed by atoms with E-state index in [2.05, 4.69) is 4.74 Å². The van der Waals surface area contributed by atoms with Crippen LogP contribution in [-0.2, 0) is 6.54 Å². The van der Waals surface area contributed by atoms with Gasteiger partial charge in [-0.15, -0.1) is 13.2 Å². The molecule has 8 heteroatoms. The smallest absolute Gasteiger partial charge is 0.406 e. The van der Waals surface area contributed by atoms with E-state index in [4.69, 9.17) is 5.73 Å². The Labute approximate surface area is 145 Å². The number of hydrogen-bond acceptors (Lipinski definition) is 3. The number of carbonyl (C=O) groups excluding carboxylic acids is 1. The van der Waals surface area contributed by atoms with Crippen LogP contribution < -0.4 is 16.0 Å². The number of nitrogens with zero attached hydrogens (tertiary/aromatic N) is 1. The van der Waals surface area contributed by atoms with Crippen molar-refractivity contribution in [1.82, 2.24) is 4.57 Å². The Bertz CT molecular complexity index is 1020. The second kappa shape index (κ2) is 6.55. The molecule has 2 aromatic carbocycles. The van der Waals surface area contributed by atoms with Crippen LogP contribution >= 0.6 is 0 Å². The lowest BCUT2D eigenvalue weighted by molar-refractivity contribution is -0.274. The Morgan fingerprint density at radius 3 is 2.35 bits per heavy atom. The van der Waals surface area contributed by atoms with E-state index in [0.29, 0.717) is 16.5 Å². The van der Waals surface area contributed by atoms with Gasteiger partial charge in [-0.1, -0.05) is 30.3 Å². The molecule has 3 aromatic rings. The summed E-state index contributed by atoms with van der Waals surface area (Å²) in [5, 5.41) is 0.525. The van der Waals surface area contributed by atoms with E-state index in [9.17, 15) is 22.8 Å². The Balaban J connectivity index is 1.99. The molecule has 0 unspecified atom stereocenters. The van der Waals surface area contributed by atoms with Crippen molar-refractivity contribution in [3.05, 3.63) is 76.1 Å². The lowest BCUT2D eigenvalue weighted by Gasteiger charge is -2.13. The highest BCUT2D eigenvalue weighted by molar-refractivity contribution is 6.05. The number of aromatic nitrogens is 1. The van der Waals surface area contributed by atoms with Gasteiger partial charge in [-0.2, -0.15) is 0 Å². The van der Waals surface area contributed by atoms with Crippen molar-refractivity contribution in [2.24, 2.45) is 5.73 Å². The van der Waals surface area contributed by atoms with Crippen LogP contribution in [0, 0.1) is 0 Å². The summed E-state index contributed by atoms with van der Waals surface area (Å²) in [6.45, 7) is 0.116. The molecule has 0 saturated heterocycles. The van der Waals surface area contributed by atoms with Crippen LogP contribution in [0.3, 0.4) is 0 Å². The van der Waals surface area contributed by atoms with E-state index in [0.717, 1.165) is 6.07 Å². The van der Waals surface area contributed by atoms with Crippen LogP contribution in [0.5, 0.6) is 5.75 Å². The second-order valence-electron chi connectivity index (χ2n) is 5.56. The van der Waals surface area contributed by atoms with Crippen molar-refractivity contribution < 1.29 is 22.7 Å². The number of pyridine rings is 1. The van der Waals surface area contributed by atoms with Gasteiger partial charge in [-0.3, -0.25) is 9.59 Å². The SMILES string of the molecule is NC(=O)c1cc(=O)n(Cc2ccc(OC(F)(F)F)cc2)c2ccccc12. The van der Waals surface area contributed by atoms with Gasteiger partial charge < -0.3 is 15.0 Å². The highest BCUT2D eigenvalue weighted by atomic mass is 19.4. The molecule has 0 aliphatic rings. The number of amides is 1. The predicted octanol–water partition coefficient (Wildman–Crippen LogP) is 3.05. The molecule has 0 radical (unpaired) electrons. The first-order valence-electron chi connectivity index (χ1n) is 7.52. The van der Waals surface area contributed by atoms with Crippen molar-refractivity contribution in [1.29, 1.82) is 0 Å². The van der Waals surface area contributed by atoms with Gasteiger partial charge in [0.05, 0.1) is 17.6 Å². The number of alkyl halides is 3. The number of primary amides is 1. The third kappa shape index (κ3) is 3.69. The zero-order chi connectivity index (χ0) is 18.9. The minimum Gasteiger partial charge on any atom is -0.406 e. The minimum absolute atomic E-state index is 0.116. The first kappa shape index (κ1) is 17.5. The Morgan fingerprint density at radius 2 is 1.73 bits per heavy atom. The molecule has 0 aliphatic carbocycles. The molecule has 134 valence electrons. The largest absolute Gasteiger partial charge is 0.573 e. The first-order valence-corrected chi connectivity index (χ1v) is 7.52. The van der Waals surface area contributed by atoms with E-state index in [1.165, 1.54) is 28.8 Å². The molecule has 0 aliphatic heterocycles. The lowest BCUT2D eigenvalue weighted by atomic mass is 10.1. The van der Waals surface area contributed by atoms with Crippen LogP contribution in [0.1, 0.15) is 15.9 Å². The topological polar surface area (TPSA) is 74.3 Å². The molecule has 0 bridgehead atoms. The van der Waals surface area contributed by atoms with E-state index in [1.54, 1.807) is 24.3 Å². The number of para-hydroxylation sites is 1. The molecule has 1 amide bonds. The molecule has 0 spiro atoms. The average molecular weight is 362 g/mol. The molecular weight excluding hydrogens is 349 g/mol. The fourth-order valence-corrected chi connectivity index (χ4v) is 2.68. The standard InChI is InChI=1S/C18H13F3N2O3/c19-18(20,21)26-12-7-5-11(6-8-12)10-23-15-4-2-1-3-13(15)14(17(22)25)9-16(23)24/h1-9H,10H2,(H2,22,25). The number of rotatable bonds is 4. The highest BCUT2D eigenvalue weighted by Crippen LogP contribution is 2.23. The van der Waals surface area contributed by atoms with Crippen molar-refractivity contribution >= 4 is 16.8 Å².